The Morgan fingerprint density at radius 1 is 1.53 bits per heavy atom. The molecule has 1 aliphatic carbocycles. The molecule has 4 nitrogen and oxygen atoms in total. The first-order valence-corrected chi connectivity index (χ1v) is 6.24. The number of hydrogen-bond acceptors (Lipinski definition) is 4. The number of pyridine rings is 1. The SMILES string of the molecule is CC(C)Oc1ncccc1CNC1CC(N)C1. The van der Waals surface area contributed by atoms with Crippen molar-refractivity contribution in [1.82, 2.24) is 10.3 Å². The molecule has 1 aliphatic rings. The first-order chi connectivity index (χ1) is 8.15. The molecule has 0 bridgehead atoms. The highest BCUT2D eigenvalue weighted by atomic mass is 16.5. The molecule has 17 heavy (non-hydrogen) atoms. The number of ether oxygens (including phenoxy) is 1. The molecule has 1 saturated carbocycles. The highest BCUT2D eigenvalue weighted by Crippen LogP contribution is 2.20. The van der Waals surface area contributed by atoms with Gasteiger partial charge in [-0.15, -0.1) is 0 Å². The summed E-state index contributed by atoms with van der Waals surface area (Å²) in [7, 11) is 0. The quantitative estimate of drug-likeness (QED) is 0.811. The molecule has 4 heteroatoms. The smallest absolute Gasteiger partial charge is 0.218 e. The van der Waals surface area contributed by atoms with Gasteiger partial charge in [-0.2, -0.15) is 0 Å². The summed E-state index contributed by atoms with van der Waals surface area (Å²) < 4.78 is 5.67. The average molecular weight is 235 g/mol. The van der Waals surface area contributed by atoms with Crippen molar-refractivity contribution in [2.75, 3.05) is 0 Å². The van der Waals surface area contributed by atoms with Crippen LogP contribution in [0.15, 0.2) is 18.3 Å². The zero-order valence-electron chi connectivity index (χ0n) is 10.5. The van der Waals surface area contributed by atoms with Gasteiger partial charge >= 0.3 is 0 Å². The molecule has 1 fully saturated rings. The summed E-state index contributed by atoms with van der Waals surface area (Å²) in [5.41, 5.74) is 6.87. The monoisotopic (exact) mass is 235 g/mol. The van der Waals surface area contributed by atoms with Crippen molar-refractivity contribution in [2.45, 2.75) is 51.4 Å². The van der Waals surface area contributed by atoms with Gasteiger partial charge in [-0.25, -0.2) is 4.98 Å². The highest BCUT2D eigenvalue weighted by Gasteiger charge is 2.25. The Morgan fingerprint density at radius 3 is 2.94 bits per heavy atom. The summed E-state index contributed by atoms with van der Waals surface area (Å²) in [5.74, 6) is 0.735. The molecule has 1 aromatic heterocycles. The van der Waals surface area contributed by atoms with Crippen LogP contribution in [-0.2, 0) is 6.54 Å². The van der Waals surface area contributed by atoms with E-state index in [9.17, 15) is 0 Å². The maximum atomic E-state index is 5.76. The second kappa shape index (κ2) is 5.47. The van der Waals surface area contributed by atoms with E-state index in [4.69, 9.17) is 10.5 Å². The van der Waals surface area contributed by atoms with Crippen molar-refractivity contribution in [3.05, 3.63) is 23.9 Å². The minimum absolute atomic E-state index is 0.153. The molecule has 0 radical (unpaired) electrons. The Morgan fingerprint density at radius 2 is 2.29 bits per heavy atom. The van der Waals surface area contributed by atoms with Gasteiger partial charge in [0.1, 0.15) is 0 Å². The molecular formula is C13H21N3O. The fraction of sp³-hybridized carbons (Fsp3) is 0.615. The number of nitrogens with one attached hydrogen (secondary N) is 1. The van der Waals surface area contributed by atoms with Crippen LogP contribution in [0.4, 0.5) is 0 Å². The number of aromatic nitrogens is 1. The van der Waals surface area contributed by atoms with E-state index in [1.807, 2.05) is 19.9 Å². The predicted octanol–water partition coefficient (Wildman–Crippen LogP) is 1.45. The second-order valence-electron chi connectivity index (χ2n) is 4.94. The lowest BCUT2D eigenvalue weighted by molar-refractivity contribution is 0.227. The Labute approximate surface area is 103 Å². The van der Waals surface area contributed by atoms with E-state index < -0.39 is 0 Å². The van der Waals surface area contributed by atoms with Crippen molar-refractivity contribution in [1.29, 1.82) is 0 Å². The van der Waals surface area contributed by atoms with Gasteiger partial charge in [0.05, 0.1) is 6.10 Å². The molecule has 1 heterocycles. The van der Waals surface area contributed by atoms with Gasteiger partial charge in [-0.1, -0.05) is 6.07 Å². The van der Waals surface area contributed by atoms with Gasteiger partial charge in [0.25, 0.3) is 0 Å². The minimum Gasteiger partial charge on any atom is -0.475 e. The van der Waals surface area contributed by atoms with Crippen LogP contribution in [0.1, 0.15) is 32.3 Å². The van der Waals surface area contributed by atoms with Gasteiger partial charge < -0.3 is 15.8 Å². The van der Waals surface area contributed by atoms with Crippen LogP contribution in [0.5, 0.6) is 5.88 Å². The lowest BCUT2D eigenvalue weighted by Crippen LogP contribution is -2.48. The van der Waals surface area contributed by atoms with Crippen LogP contribution in [0.3, 0.4) is 0 Å². The molecule has 0 atom stereocenters. The zero-order chi connectivity index (χ0) is 12.3. The second-order valence-corrected chi connectivity index (χ2v) is 4.94. The van der Waals surface area contributed by atoms with Crippen molar-refractivity contribution < 1.29 is 4.74 Å². The molecule has 0 aromatic carbocycles. The summed E-state index contributed by atoms with van der Waals surface area (Å²) in [5, 5.41) is 3.48. The van der Waals surface area contributed by atoms with Crippen LogP contribution in [-0.4, -0.2) is 23.2 Å². The number of nitrogens with zero attached hydrogens (tertiary/aromatic N) is 1. The molecule has 3 N–H and O–H groups in total. The lowest BCUT2D eigenvalue weighted by atomic mass is 9.87. The standard InChI is InChI=1S/C13H21N3O/c1-9(2)17-13-10(4-3-5-15-13)8-16-12-6-11(14)7-12/h3-5,9,11-12,16H,6-8,14H2,1-2H3. The summed E-state index contributed by atoms with van der Waals surface area (Å²) in [6.07, 6.45) is 4.06. The third-order valence-electron chi connectivity index (χ3n) is 2.95. The van der Waals surface area contributed by atoms with Crippen molar-refractivity contribution in [3.63, 3.8) is 0 Å². The molecule has 0 aliphatic heterocycles. The lowest BCUT2D eigenvalue weighted by Gasteiger charge is -2.33. The molecule has 0 spiro atoms. The van der Waals surface area contributed by atoms with E-state index in [0.29, 0.717) is 12.1 Å². The summed E-state index contributed by atoms with van der Waals surface area (Å²) in [4.78, 5) is 4.27. The van der Waals surface area contributed by atoms with Crippen LogP contribution < -0.4 is 15.8 Å². The molecule has 0 unspecified atom stereocenters. The Balaban J connectivity index is 1.90. The third kappa shape index (κ3) is 3.41. The first-order valence-electron chi connectivity index (χ1n) is 6.24. The minimum atomic E-state index is 0.153. The summed E-state index contributed by atoms with van der Waals surface area (Å²) in [6.45, 7) is 4.82. The molecular weight excluding hydrogens is 214 g/mol. The van der Waals surface area contributed by atoms with Crippen molar-refractivity contribution >= 4 is 0 Å². The number of rotatable bonds is 5. The highest BCUT2D eigenvalue weighted by molar-refractivity contribution is 5.25. The topological polar surface area (TPSA) is 60.2 Å². The predicted molar refractivity (Wildman–Crippen MR) is 67.8 cm³/mol. The average Bonchev–Trinajstić information content (AvgIpc) is 2.24. The normalized spacial score (nSPS) is 23.5. The molecule has 0 saturated heterocycles. The Kier molecular flexibility index (Phi) is 3.97. The fourth-order valence-electron chi connectivity index (χ4n) is 1.97. The van der Waals surface area contributed by atoms with Crippen LogP contribution in [0, 0.1) is 0 Å². The largest absolute Gasteiger partial charge is 0.475 e. The molecule has 94 valence electrons. The van der Waals surface area contributed by atoms with E-state index in [1.54, 1.807) is 6.20 Å². The van der Waals surface area contributed by atoms with E-state index in [2.05, 4.69) is 16.4 Å². The summed E-state index contributed by atoms with van der Waals surface area (Å²) in [6, 6.07) is 4.93. The Hall–Kier alpha value is -1.13. The maximum absolute atomic E-state index is 5.76. The van der Waals surface area contributed by atoms with Gasteiger partial charge in [0.2, 0.25) is 5.88 Å². The van der Waals surface area contributed by atoms with Gasteiger partial charge in [-0.05, 0) is 32.8 Å². The summed E-state index contributed by atoms with van der Waals surface area (Å²) >= 11 is 0. The van der Waals surface area contributed by atoms with Crippen LogP contribution >= 0.6 is 0 Å². The molecule has 1 aromatic rings. The number of hydrogen-bond donors (Lipinski definition) is 2. The molecule has 0 amide bonds. The van der Waals surface area contributed by atoms with E-state index in [1.165, 1.54) is 0 Å². The van der Waals surface area contributed by atoms with Gasteiger partial charge in [-0.3, -0.25) is 0 Å². The molecule has 2 rings (SSSR count). The van der Waals surface area contributed by atoms with Crippen molar-refractivity contribution in [3.8, 4) is 5.88 Å². The third-order valence-corrected chi connectivity index (χ3v) is 2.95. The van der Waals surface area contributed by atoms with Crippen LogP contribution in [0.2, 0.25) is 0 Å². The van der Waals surface area contributed by atoms with E-state index >= 15 is 0 Å². The fourth-order valence-corrected chi connectivity index (χ4v) is 1.97. The van der Waals surface area contributed by atoms with Crippen LogP contribution in [0.25, 0.3) is 0 Å². The van der Waals surface area contributed by atoms with Gasteiger partial charge in [0, 0.05) is 30.4 Å². The Bertz CT molecular complexity index is 361. The maximum Gasteiger partial charge on any atom is 0.218 e. The van der Waals surface area contributed by atoms with Gasteiger partial charge in [0.15, 0.2) is 0 Å². The van der Waals surface area contributed by atoms with E-state index in [-0.39, 0.29) is 6.10 Å². The van der Waals surface area contributed by atoms with E-state index in [0.717, 1.165) is 30.8 Å². The van der Waals surface area contributed by atoms with Crippen molar-refractivity contribution in [2.24, 2.45) is 5.73 Å². The zero-order valence-corrected chi connectivity index (χ0v) is 10.5. The number of nitrogens with two attached hydrogens (primary N) is 1. The first kappa shape index (κ1) is 12.3.